The van der Waals surface area contributed by atoms with E-state index in [9.17, 15) is 8.78 Å². The van der Waals surface area contributed by atoms with E-state index in [4.69, 9.17) is 5.73 Å². The van der Waals surface area contributed by atoms with Gasteiger partial charge in [-0.15, -0.1) is 0 Å². The molecule has 0 fully saturated rings. The van der Waals surface area contributed by atoms with E-state index < -0.39 is 11.9 Å². The van der Waals surface area contributed by atoms with Crippen molar-refractivity contribution in [3.8, 4) is 0 Å². The molecule has 2 N–H and O–H groups in total. The second-order valence-corrected chi connectivity index (χ2v) is 4.86. The number of benzene rings is 1. The number of nitrogens with zero attached hydrogens (tertiary/aromatic N) is 1. The van der Waals surface area contributed by atoms with Crippen LogP contribution in [0.4, 0.5) is 8.78 Å². The molecule has 0 aliphatic carbocycles. The third-order valence-electron chi connectivity index (χ3n) is 2.58. The summed E-state index contributed by atoms with van der Waals surface area (Å²) >= 11 is 3.28. The van der Waals surface area contributed by atoms with Crippen molar-refractivity contribution >= 4 is 15.9 Å². The molecule has 1 unspecified atom stereocenters. The second kappa shape index (κ2) is 5.54. The van der Waals surface area contributed by atoms with Gasteiger partial charge in [0, 0.05) is 4.47 Å². The van der Waals surface area contributed by atoms with E-state index in [1.54, 1.807) is 12.1 Å². The number of hydrogen-bond acceptors (Lipinski definition) is 2. The van der Waals surface area contributed by atoms with Crippen molar-refractivity contribution in [1.29, 1.82) is 0 Å². The molecule has 0 aliphatic heterocycles. The molecule has 0 saturated carbocycles. The molecule has 2 rings (SSSR count). The Morgan fingerprint density at radius 2 is 2.00 bits per heavy atom. The number of nitrogens with two attached hydrogens (primary N) is 1. The van der Waals surface area contributed by atoms with E-state index >= 15 is 0 Å². The van der Waals surface area contributed by atoms with Crippen LogP contribution >= 0.6 is 15.9 Å². The summed E-state index contributed by atoms with van der Waals surface area (Å²) in [7, 11) is 0. The monoisotopic (exact) mass is 312 g/mol. The van der Waals surface area contributed by atoms with Crippen molar-refractivity contribution in [1.82, 2.24) is 4.98 Å². The molecule has 5 heteroatoms. The van der Waals surface area contributed by atoms with Gasteiger partial charge in [0.2, 0.25) is 0 Å². The number of rotatable bonds is 3. The van der Waals surface area contributed by atoms with Crippen LogP contribution in [0, 0.1) is 11.6 Å². The number of hydrogen-bond donors (Lipinski definition) is 1. The van der Waals surface area contributed by atoms with Crippen molar-refractivity contribution in [2.45, 2.75) is 12.5 Å². The number of pyridine rings is 1. The Morgan fingerprint density at radius 1 is 1.22 bits per heavy atom. The van der Waals surface area contributed by atoms with Crippen LogP contribution in [-0.2, 0) is 6.42 Å². The van der Waals surface area contributed by atoms with E-state index in [1.807, 2.05) is 0 Å². The SMILES string of the molecule is NC(Cc1cc(Br)ccc1F)c1ccc(F)cn1. The molecular formula is C13H11BrF2N2. The summed E-state index contributed by atoms with van der Waals surface area (Å²) in [4.78, 5) is 3.89. The van der Waals surface area contributed by atoms with E-state index in [0.29, 0.717) is 17.7 Å². The second-order valence-electron chi connectivity index (χ2n) is 3.95. The molecule has 2 nitrogen and oxygen atoms in total. The van der Waals surface area contributed by atoms with Crippen LogP contribution in [0.15, 0.2) is 41.0 Å². The molecule has 0 bridgehead atoms. The van der Waals surface area contributed by atoms with E-state index in [1.165, 1.54) is 18.2 Å². The summed E-state index contributed by atoms with van der Waals surface area (Å²) in [6.07, 6.45) is 1.41. The van der Waals surface area contributed by atoms with E-state index in [0.717, 1.165) is 10.7 Å². The largest absolute Gasteiger partial charge is 0.322 e. The zero-order chi connectivity index (χ0) is 13.1. The normalized spacial score (nSPS) is 12.4. The first-order valence-corrected chi connectivity index (χ1v) is 6.16. The molecule has 0 saturated heterocycles. The van der Waals surface area contributed by atoms with Crippen LogP contribution < -0.4 is 5.73 Å². The molecule has 0 amide bonds. The predicted octanol–water partition coefficient (Wildman–Crippen LogP) is 3.36. The minimum atomic E-state index is -0.464. The van der Waals surface area contributed by atoms with Gasteiger partial charge in [-0.1, -0.05) is 15.9 Å². The molecule has 2 aromatic rings. The van der Waals surface area contributed by atoms with Crippen LogP contribution in [0.2, 0.25) is 0 Å². The van der Waals surface area contributed by atoms with Gasteiger partial charge in [0.05, 0.1) is 17.9 Å². The highest BCUT2D eigenvalue weighted by Crippen LogP contribution is 2.20. The zero-order valence-corrected chi connectivity index (χ0v) is 11.0. The Hall–Kier alpha value is -1.33. The quantitative estimate of drug-likeness (QED) is 0.943. The van der Waals surface area contributed by atoms with Crippen LogP contribution in [0.1, 0.15) is 17.3 Å². The van der Waals surface area contributed by atoms with Gasteiger partial charge in [-0.3, -0.25) is 4.98 Å². The molecule has 18 heavy (non-hydrogen) atoms. The van der Waals surface area contributed by atoms with Crippen molar-refractivity contribution in [3.05, 3.63) is 63.9 Å². The first kappa shape index (κ1) is 13.1. The minimum Gasteiger partial charge on any atom is -0.322 e. The molecule has 1 aromatic carbocycles. The predicted molar refractivity (Wildman–Crippen MR) is 68.9 cm³/mol. The Balaban J connectivity index is 2.18. The molecule has 1 aromatic heterocycles. The van der Waals surface area contributed by atoms with Gasteiger partial charge in [0.15, 0.2) is 0 Å². The molecule has 94 valence electrons. The minimum absolute atomic E-state index is 0.309. The third kappa shape index (κ3) is 3.11. The van der Waals surface area contributed by atoms with Crippen molar-refractivity contribution in [2.24, 2.45) is 5.73 Å². The van der Waals surface area contributed by atoms with Crippen LogP contribution in [0.25, 0.3) is 0 Å². The topological polar surface area (TPSA) is 38.9 Å². The van der Waals surface area contributed by atoms with Gasteiger partial charge in [0.25, 0.3) is 0 Å². The maximum absolute atomic E-state index is 13.6. The van der Waals surface area contributed by atoms with Gasteiger partial charge in [-0.05, 0) is 42.3 Å². The molecule has 1 heterocycles. The van der Waals surface area contributed by atoms with Crippen LogP contribution in [0.3, 0.4) is 0 Å². The standard InChI is InChI=1S/C13H11BrF2N2/c14-9-1-3-11(16)8(5-9)6-12(17)13-4-2-10(15)7-18-13/h1-5,7,12H,6,17H2. The summed E-state index contributed by atoms with van der Waals surface area (Å²) in [5.41, 5.74) is 6.97. The highest BCUT2D eigenvalue weighted by Gasteiger charge is 2.12. The first-order valence-electron chi connectivity index (χ1n) is 5.37. The first-order chi connectivity index (χ1) is 8.56. The van der Waals surface area contributed by atoms with Gasteiger partial charge >= 0.3 is 0 Å². The van der Waals surface area contributed by atoms with Gasteiger partial charge in [0.1, 0.15) is 11.6 Å². The molecule has 1 atom stereocenters. The number of aromatic nitrogens is 1. The summed E-state index contributed by atoms with van der Waals surface area (Å²) in [5.74, 6) is -0.727. The lowest BCUT2D eigenvalue weighted by atomic mass is 10.0. The lowest BCUT2D eigenvalue weighted by Crippen LogP contribution is -2.15. The fraction of sp³-hybridized carbons (Fsp3) is 0.154. The summed E-state index contributed by atoms with van der Waals surface area (Å²) in [6, 6.07) is 7.02. The van der Waals surface area contributed by atoms with Gasteiger partial charge < -0.3 is 5.73 Å². The fourth-order valence-electron chi connectivity index (χ4n) is 1.65. The van der Waals surface area contributed by atoms with Crippen LogP contribution in [-0.4, -0.2) is 4.98 Å². The smallest absolute Gasteiger partial charge is 0.141 e. The summed E-state index contributed by atoms with van der Waals surface area (Å²) in [6.45, 7) is 0. The average Bonchev–Trinajstić information content (AvgIpc) is 2.34. The molecular weight excluding hydrogens is 302 g/mol. The lowest BCUT2D eigenvalue weighted by Gasteiger charge is -2.12. The highest BCUT2D eigenvalue weighted by molar-refractivity contribution is 9.10. The van der Waals surface area contributed by atoms with E-state index in [2.05, 4.69) is 20.9 Å². The highest BCUT2D eigenvalue weighted by atomic mass is 79.9. The molecule has 0 spiro atoms. The maximum atomic E-state index is 13.6. The Morgan fingerprint density at radius 3 is 2.67 bits per heavy atom. The lowest BCUT2D eigenvalue weighted by molar-refractivity contribution is 0.585. The van der Waals surface area contributed by atoms with Gasteiger partial charge in [-0.2, -0.15) is 0 Å². The van der Waals surface area contributed by atoms with Crippen molar-refractivity contribution in [3.63, 3.8) is 0 Å². The maximum Gasteiger partial charge on any atom is 0.141 e. The van der Waals surface area contributed by atoms with Crippen molar-refractivity contribution in [2.75, 3.05) is 0 Å². The Labute approximate surface area is 112 Å². The van der Waals surface area contributed by atoms with Gasteiger partial charge in [-0.25, -0.2) is 8.78 Å². The Bertz CT molecular complexity index is 543. The Kier molecular flexibility index (Phi) is 4.04. The van der Waals surface area contributed by atoms with Crippen LogP contribution in [0.5, 0.6) is 0 Å². The zero-order valence-electron chi connectivity index (χ0n) is 9.41. The van der Waals surface area contributed by atoms with E-state index in [-0.39, 0.29) is 5.82 Å². The fourth-order valence-corrected chi connectivity index (χ4v) is 2.06. The summed E-state index contributed by atoms with van der Waals surface area (Å²) in [5, 5.41) is 0. The number of halogens is 3. The molecule has 0 radical (unpaired) electrons. The summed E-state index contributed by atoms with van der Waals surface area (Å²) < 4.78 is 27.1. The third-order valence-corrected chi connectivity index (χ3v) is 3.07. The average molecular weight is 313 g/mol. The van der Waals surface area contributed by atoms with Crippen molar-refractivity contribution < 1.29 is 8.78 Å². The molecule has 0 aliphatic rings.